The molecule has 0 aliphatic rings. The molecule has 0 amide bonds. The minimum Gasteiger partial charge on any atom is -0.380 e. The Morgan fingerprint density at radius 1 is 1.11 bits per heavy atom. The Balaban J connectivity index is 1.55. The lowest BCUT2D eigenvalue weighted by molar-refractivity contribution is 0.137. The number of aromatic nitrogens is 4. The van der Waals surface area contributed by atoms with E-state index >= 15 is 0 Å². The van der Waals surface area contributed by atoms with Gasteiger partial charge in [-0.1, -0.05) is 36.4 Å². The highest BCUT2D eigenvalue weighted by Crippen LogP contribution is 2.23. The second-order valence-electron chi connectivity index (χ2n) is 6.61. The van der Waals surface area contributed by atoms with Crippen LogP contribution >= 0.6 is 0 Å². The summed E-state index contributed by atoms with van der Waals surface area (Å²) in [6.45, 7) is 3.22. The molecule has 4 aromatic rings. The van der Waals surface area contributed by atoms with Crippen molar-refractivity contribution in [2.45, 2.75) is 19.4 Å². The molecule has 0 saturated heterocycles. The van der Waals surface area contributed by atoms with Crippen LogP contribution in [-0.2, 0) is 11.2 Å². The molecule has 1 atom stereocenters. The molecule has 2 heterocycles. The summed E-state index contributed by atoms with van der Waals surface area (Å²) < 4.78 is 5.63. The number of hydrogen-bond acceptors (Lipinski definition) is 5. The van der Waals surface area contributed by atoms with Crippen molar-refractivity contribution in [3.8, 4) is 11.3 Å². The Labute approximate surface area is 164 Å². The minimum atomic E-state index is 0.0484. The van der Waals surface area contributed by atoms with Crippen molar-refractivity contribution in [2.24, 2.45) is 0 Å². The molecule has 0 spiro atoms. The van der Waals surface area contributed by atoms with E-state index in [2.05, 4.69) is 50.6 Å². The summed E-state index contributed by atoms with van der Waals surface area (Å²) in [6, 6.07) is 16.7. The molecular weight excluding hydrogens is 350 g/mol. The maximum Gasteiger partial charge on any atom is 0.223 e. The van der Waals surface area contributed by atoms with E-state index in [9.17, 15) is 0 Å². The molecule has 2 aromatic heterocycles. The zero-order valence-corrected chi connectivity index (χ0v) is 15.8. The van der Waals surface area contributed by atoms with E-state index in [-0.39, 0.29) is 6.04 Å². The number of anilines is 1. The zero-order chi connectivity index (χ0) is 19.2. The Morgan fingerprint density at radius 2 is 2.00 bits per heavy atom. The van der Waals surface area contributed by atoms with E-state index in [0.717, 1.165) is 23.4 Å². The van der Waals surface area contributed by atoms with Crippen LogP contribution < -0.4 is 5.32 Å². The molecule has 28 heavy (non-hydrogen) atoms. The van der Waals surface area contributed by atoms with E-state index in [1.54, 1.807) is 12.5 Å². The third kappa shape index (κ3) is 4.35. The van der Waals surface area contributed by atoms with Gasteiger partial charge >= 0.3 is 0 Å². The van der Waals surface area contributed by atoms with Crippen molar-refractivity contribution in [1.82, 2.24) is 19.9 Å². The summed E-state index contributed by atoms with van der Waals surface area (Å²) in [5.74, 6) is 0.592. The second kappa shape index (κ2) is 8.63. The summed E-state index contributed by atoms with van der Waals surface area (Å²) >= 11 is 0. The van der Waals surface area contributed by atoms with Crippen LogP contribution in [0.15, 0.2) is 67.3 Å². The summed E-state index contributed by atoms with van der Waals surface area (Å²) in [4.78, 5) is 16.3. The fraction of sp³-hybridized carbons (Fsp3) is 0.227. The van der Waals surface area contributed by atoms with Crippen molar-refractivity contribution in [3.05, 3.63) is 72.9 Å². The molecule has 142 valence electrons. The summed E-state index contributed by atoms with van der Waals surface area (Å²) in [5.41, 5.74) is 3.00. The molecular formula is C22H23N5O. The van der Waals surface area contributed by atoms with Crippen LogP contribution in [0.25, 0.3) is 22.0 Å². The van der Waals surface area contributed by atoms with E-state index < -0.39 is 0 Å². The van der Waals surface area contributed by atoms with E-state index in [0.29, 0.717) is 19.2 Å². The fourth-order valence-corrected chi connectivity index (χ4v) is 3.19. The highest BCUT2D eigenvalue weighted by Gasteiger charge is 2.13. The van der Waals surface area contributed by atoms with Crippen molar-refractivity contribution < 1.29 is 4.74 Å². The second-order valence-corrected chi connectivity index (χ2v) is 6.61. The molecule has 0 saturated carbocycles. The fourth-order valence-electron chi connectivity index (χ4n) is 3.19. The van der Waals surface area contributed by atoms with Crippen molar-refractivity contribution in [1.29, 1.82) is 0 Å². The molecule has 2 aromatic carbocycles. The normalized spacial score (nSPS) is 12.2. The van der Waals surface area contributed by atoms with Gasteiger partial charge in [0.05, 0.1) is 24.7 Å². The van der Waals surface area contributed by atoms with Gasteiger partial charge in [0, 0.05) is 36.7 Å². The first kappa shape index (κ1) is 18.1. The average Bonchev–Trinajstić information content (AvgIpc) is 3.25. The number of ether oxygens (including phenoxy) is 1. The first-order valence-electron chi connectivity index (χ1n) is 9.45. The number of H-pyrrole nitrogens is 1. The first-order chi connectivity index (χ1) is 13.8. The lowest BCUT2D eigenvalue weighted by Crippen LogP contribution is -2.29. The zero-order valence-electron chi connectivity index (χ0n) is 15.8. The van der Waals surface area contributed by atoms with E-state index in [4.69, 9.17) is 9.72 Å². The van der Waals surface area contributed by atoms with E-state index in [1.807, 2.05) is 31.3 Å². The monoisotopic (exact) mass is 373 g/mol. The van der Waals surface area contributed by atoms with Gasteiger partial charge in [-0.3, -0.25) is 0 Å². The molecule has 6 nitrogen and oxygen atoms in total. The van der Waals surface area contributed by atoms with Crippen molar-refractivity contribution >= 4 is 16.7 Å². The van der Waals surface area contributed by atoms with Gasteiger partial charge < -0.3 is 15.0 Å². The smallest absolute Gasteiger partial charge is 0.223 e. The number of rotatable bonds is 8. The van der Waals surface area contributed by atoms with Crippen LogP contribution in [0.5, 0.6) is 0 Å². The number of hydrogen-bond donors (Lipinski definition) is 2. The Morgan fingerprint density at radius 3 is 2.82 bits per heavy atom. The standard InChI is InChI=1S/C22H23N5O/c1-2-28-14-20(12-19-13-23-15-25-19)26-22-24-10-9-21(27-22)18-8-7-16-5-3-4-6-17(16)11-18/h3-11,13,15,20H,2,12,14H2,1H3,(H,23,25)(H,24,26,27)/t20-/m0/s1. The van der Waals surface area contributed by atoms with Gasteiger partial charge in [0.25, 0.3) is 0 Å². The Kier molecular flexibility index (Phi) is 5.58. The number of fused-ring (bicyclic) bond motifs is 1. The van der Waals surface area contributed by atoms with Crippen molar-refractivity contribution in [3.63, 3.8) is 0 Å². The van der Waals surface area contributed by atoms with Crippen LogP contribution in [0.4, 0.5) is 5.95 Å². The number of aromatic amines is 1. The summed E-state index contributed by atoms with van der Waals surface area (Å²) in [5, 5.41) is 5.82. The summed E-state index contributed by atoms with van der Waals surface area (Å²) in [6.07, 6.45) is 6.05. The maximum atomic E-state index is 5.63. The van der Waals surface area contributed by atoms with E-state index in [1.165, 1.54) is 10.8 Å². The van der Waals surface area contributed by atoms with Crippen LogP contribution in [0.1, 0.15) is 12.6 Å². The quantitative estimate of drug-likeness (QED) is 0.487. The van der Waals surface area contributed by atoms with Gasteiger partial charge in [0.2, 0.25) is 5.95 Å². The molecule has 2 N–H and O–H groups in total. The number of imidazole rings is 1. The molecule has 0 radical (unpaired) electrons. The molecule has 0 aliphatic carbocycles. The third-order valence-corrected chi connectivity index (χ3v) is 4.58. The van der Waals surface area contributed by atoms with Gasteiger partial charge in [-0.2, -0.15) is 0 Å². The Hall–Kier alpha value is -3.25. The van der Waals surface area contributed by atoms with Crippen LogP contribution in [0.3, 0.4) is 0 Å². The topological polar surface area (TPSA) is 75.7 Å². The highest BCUT2D eigenvalue weighted by atomic mass is 16.5. The number of nitrogens with one attached hydrogen (secondary N) is 2. The largest absolute Gasteiger partial charge is 0.380 e. The lowest BCUT2D eigenvalue weighted by atomic mass is 10.1. The van der Waals surface area contributed by atoms with Gasteiger partial charge in [-0.15, -0.1) is 0 Å². The third-order valence-electron chi connectivity index (χ3n) is 4.58. The van der Waals surface area contributed by atoms with Crippen LogP contribution in [-0.4, -0.2) is 39.2 Å². The maximum absolute atomic E-state index is 5.63. The number of benzene rings is 2. The van der Waals surface area contributed by atoms with Crippen molar-refractivity contribution in [2.75, 3.05) is 18.5 Å². The average molecular weight is 373 g/mol. The van der Waals surface area contributed by atoms with Gasteiger partial charge in [-0.05, 0) is 29.8 Å². The van der Waals surface area contributed by atoms with Gasteiger partial charge in [0.15, 0.2) is 0 Å². The SMILES string of the molecule is CCOC[C@H](Cc1cnc[nH]1)Nc1nccc(-c2ccc3ccccc3c2)n1. The summed E-state index contributed by atoms with van der Waals surface area (Å²) in [7, 11) is 0. The highest BCUT2D eigenvalue weighted by molar-refractivity contribution is 5.86. The number of nitrogens with zero attached hydrogens (tertiary/aromatic N) is 3. The van der Waals surface area contributed by atoms with Crippen LogP contribution in [0.2, 0.25) is 0 Å². The molecule has 0 bridgehead atoms. The molecule has 6 heteroatoms. The van der Waals surface area contributed by atoms with Gasteiger partial charge in [0.1, 0.15) is 0 Å². The lowest BCUT2D eigenvalue weighted by Gasteiger charge is -2.18. The molecule has 0 aliphatic heterocycles. The van der Waals surface area contributed by atoms with Crippen LogP contribution in [0, 0.1) is 0 Å². The first-order valence-corrected chi connectivity index (χ1v) is 9.45. The van der Waals surface area contributed by atoms with Gasteiger partial charge in [-0.25, -0.2) is 15.0 Å². The molecule has 4 rings (SSSR count). The molecule has 0 unspecified atom stereocenters. The predicted octanol–water partition coefficient (Wildman–Crippen LogP) is 4.08. The predicted molar refractivity (Wildman–Crippen MR) is 111 cm³/mol. The molecule has 0 fully saturated rings. The Bertz CT molecular complexity index is 1030. The minimum absolute atomic E-state index is 0.0484.